The van der Waals surface area contributed by atoms with E-state index >= 15 is 0 Å². The summed E-state index contributed by atoms with van der Waals surface area (Å²) in [4.78, 5) is 8.58. The minimum Gasteiger partial charge on any atom is -0.493 e. The molecule has 2 bridgehead atoms. The fraction of sp³-hybridized carbons (Fsp3) is 0.500. The van der Waals surface area contributed by atoms with E-state index in [4.69, 9.17) is 53.5 Å². The number of pyridine rings is 2. The van der Waals surface area contributed by atoms with Crippen LogP contribution >= 0.6 is 34.8 Å². The number of hydrogen-bond acceptors (Lipinski definition) is 8. The van der Waals surface area contributed by atoms with E-state index in [1.54, 1.807) is 18.6 Å². The smallest absolute Gasteiger partial charge is 0.145 e. The zero-order valence-electron chi connectivity index (χ0n) is 24.9. The van der Waals surface area contributed by atoms with Crippen molar-refractivity contribution in [2.24, 2.45) is 11.3 Å². The molecule has 1 aromatic carbocycles. The maximum Gasteiger partial charge on any atom is 0.145 e. The number of aliphatic hydroxyl groups excluding tert-OH is 1. The number of alkyl halides is 1. The van der Waals surface area contributed by atoms with Crippen molar-refractivity contribution in [3.63, 3.8) is 0 Å². The predicted octanol–water partition coefficient (Wildman–Crippen LogP) is 8.38. The third-order valence-electron chi connectivity index (χ3n) is 9.88. The van der Waals surface area contributed by atoms with E-state index < -0.39 is 0 Å². The summed E-state index contributed by atoms with van der Waals surface area (Å²) in [5.41, 5.74) is 3.05. The van der Waals surface area contributed by atoms with E-state index in [1.807, 2.05) is 24.3 Å². The molecule has 4 aromatic rings. The molecule has 0 aliphatic heterocycles. The molecule has 4 aliphatic carbocycles. The van der Waals surface area contributed by atoms with Gasteiger partial charge in [0.15, 0.2) is 0 Å². The van der Waals surface area contributed by atoms with Gasteiger partial charge < -0.3 is 23.8 Å². The molecule has 45 heavy (non-hydrogen) atoms. The van der Waals surface area contributed by atoms with E-state index in [0.29, 0.717) is 58.7 Å². The van der Waals surface area contributed by atoms with Gasteiger partial charge in [-0.25, -0.2) is 0 Å². The Morgan fingerprint density at radius 3 is 2.44 bits per heavy atom. The van der Waals surface area contributed by atoms with Crippen LogP contribution in [0.2, 0.25) is 10.0 Å². The molecular formula is C34H36Cl3N3O5. The number of fused-ring (bicyclic) bond motifs is 4. The van der Waals surface area contributed by atoms with Crippen molar-refractivity contribution >= 4 is 45.7 Å². The van der Waals surface area contributed by atoms with Crippen LogP contribution in [-0.2, 0) is 11.3 Å². The average molecular weight is 673 g/mol. The summed E-state index contributed by atoms with van der Waals surface area (Å²) in [7, 11) is 0. The lowest BCUT2D eigenvalue weighted by Crippen LogP contribution is -2.49. The first-order chi connectivity index (χ1) is 21.9. The Morgan fingerprint density at radius 1 is 1.00 bits per heavy atom. The van der Waals surface area contributed by atoms with Gasteiger partial charge >= 0.3 is 0 Å². The second-order valence-electron chi connectivity index (χ2n) is 12.9. The van der Waals surface area contributed by atoms with Gasteiger partial charge in [0.1, 0.15) is 23.0 Å². The molecule has 4 saturated carbocycles. The van der Waals surface area contributed by atoms with Gasteiger partial charge in [-0.1, -0.05) is 28.4 Å². The fourth-order valence-corrected chi connectivity index (χ4v) is 7.49. The van der Waals surface area contributed by atoms with Crippen LogP contribution in [0.3, 0.4) is 0 Å². The molecule has 8 rings (SSSR count). The number of benzene rings is 1. The highest BCUT2D eigenvalue weighted by Gasteiger charge is 2.50. The maximum absolute atomic E-state index is 9.48. The molecule has 4 fully saturated rings. The molecule has 11 heteroatoms. The van der Waals surface area contributed by atoms with Crippen molar-refractivity contribution in [3.05, 3.63) is 64.2 Å². The molecule has 1 unspecified atom stereocenters. The van der Waals surface area contributed by atoms with Gasteiger partial charge in [0.2, 0.25) is 0 Å². The van der Waals surface area contributed by atoms with E-state index in [-0.39, 0.29) is 23.5 Å². The molecule has 0 saturated heterocycles. The molecule has 238 valence electrons. The summed E-state index contributed by atoms with van der Waals surface area (Å²) in [5.74, 6) is 2.98. The van der Waals surface area contributed by atoms with Gasteiger partial charge in [-0.3, -0.25) is 9.97 Å². The topological polar surface area (TPSA) is 99.7 Å². The first-order valence-electron chi connectivity index (χ1n) is 15.6. The predicted molar refractivity (Wildman–Crippen MR) is 173 cm³/mol. The molecule has 0 radical (unpaired) electrons. The Bertz CT molecular complexity index is 1630. The van der Waals surface area contributed by atoms with Crippen molar-refractivity contribution in [1.82, 2.24) is 15.1 Å². The standard InChI is InChI=1S/C34H36Cl3N3O5/c35-14-21(17-41)18-42-29-5-12-39-28-4-3-23(13-24(28)29)43-20-33-6-9-34(10-7-33,11-8-33)44-19-25-31(40-45-32(25)22-1-2-22)30-26(36)15-38-16-27(30)37/h3-5,12-13,15-16,21-22,41H,1-2,6-11,14,17-20H2. The van der Waals surface area contributed by atoms with Crippen LogP contribution in [0, 0.1) is 11.3 Å². The van der Waals surface area contributed by atoms with Crippen LogP contribution in [0.1, 0.15) is 68.6 Å². The largest absolute Gasteiger partial charge is 0.493 e. The zero-order chi connectivity index (χ0) is 31.0. The van der Waals surface area contributed by atoms with Gasteiger partial charge in [-0.15, -0.1) is 11.6 Å². The van der Waals surface area contributed by atoms with Crippen molar-refractivity contribution in [3.8, 4) is 22.8 Å². The minimum absolute atomic E-state index is 0.0201. The second kappa shape index (κ2) is 12.9. The number of ether oxygens (including phenoxy) is 3. The SMILES string of the molecule is OCC(CCl)COc1ccnc2ccc(OCC34CCC(OCc5c(-c6c(Cl)cncc6Cl)noc5C5CC5)(CC3)CC4)cc12. The van der Waals surface area contributed by atoms with Crippen LogP contribution in [0.15, 0.2) is 47.4 Å². The minimum atomic E-state index is -0.167. The lowest BCUT2D eigenvalue weighted by Gasteiger charge is -2.52. The van der Waals surface area contributed by atoms with E-state index in [2.05, 4.69) is 15.1 Å². The van der Waals surface area contributed by atoms with E-state index in [0.717, 1.165) is 79.3 Å². The Kier molecular flexibility index (Phi) is 8.87. The Balaban J connectivity index is 1.00. The first kappa shape index (κ1) is 31.0. The van der Waals surface area contributed by atoms with Crippen LogP contribution in [0.4, 0.5) is 0 Å². The molecule has 0 amide bonds. The number of hydrogen-bond donors (Lipinski definition) is 1. The lowest BCUT2D eigenvalue weighted by molar-refractivity contribution is -0.150. The number of aliphatic hydroxyl groups is 1. The van der Waals surface area contributed by atoms with Crippen molar-refractivity contribution < 1.29 is 23.8 Å². The van der Waals surface area contributed by atoms with Crippen LogP contribution in [0.25, 0.3) is 22.2 Å². The molecule has 3 heterocycles. The van der Waals surface area contributed by atoms with Crippen molar-refractivity contribution in [2.75, 3.05) is 25.7 Å². The van der Waals surface area contributed by atoms with Gasteiger partial charge in [0.05, 0.1) is 47.6 Å². The third-order valence-corrected chi connectivity index (χ3v) is 10.9. The Labute approximate surface area is 277 Å². The molecule has 4 aliphatic rings. The van der Waals surface area contributed by atoms with Crippen LogP contribution < -0.4 is 9.47 Å². The van der Waals surface area contributed by atoms with Gasteiger partial charge in [-0.05, 0) is 75.6 Å². The maximum atomic E-state index is 9.48. The monoisotopic (exact) mass is 671 g/mol. The number of rotatable bonds is 13. The molecule has 1 N–H and O–H groups in total. The van der Waals surface area contributed by atoms with Crippen LogP contribution in [0.5, 0.6) is 11.5 Å². The van der Waals surface area contributed by atoms with Gasteiger partial charge in [0, 0.05) is 58.2 Å². The summed E-state index contributed by atoms with van der Waals surface area (Å²) in [6.45, 7) is 1.39. The van der Waals surface area contributed by atoms with Crippen LogP contribution in [-0.4, -0.2) is 51.5 Å². The average Bonchev–Trinajstić information content (AvgIpc) is 3.84. The molecule has 8 nitrogen and oxygen atoms in total. The third kappa shape index (κ3) is 6.37. The van der Waals surface area contributed by atoms with E-state index in [1.165, 1.54) is 0 Å². The quantitative estimate of drug-likeness (QED) is 0.141. The lowest BCUT2D eigenvalue weighted by atomic mass is 9.59. The van der Waals surface area contributed by atoms with Crippen molar-refractivity contribution in [2.45, 2.75) is 69.5 Å². The highest BCUT2D eigenvalue weighted by atomic mass is 35.5. The number of nitrogens with zero attached hydrogens (tertiary/aromatic N) is 3. The molecule has 1 atom stereocenters. The Hall–Kier alpha value is -2.62. The molecule has 0 spiro atoms. The highest BCUT2D eigenvalue weighted by molar-refractivity contribution is 6.38. The summed E-state index contributed by atoms with van der Waals surface area (Å²) in [5, 5.41) is 15.7. The summed E-state index contributed by atoms with van der Waals surface area (Å²) < 4.78 is 25.1. The number of aromatic nitrogens is 3. The highest BCUT2D eigenvalue weighted by Crippen LogP contribution is 2.55. The summed E-state index contributed by atoms with van der Waals surface area (Å²) >= 11 is 19.0. The zero-order valence-corrected chi connectivity index (χ0v) is 27.2. The summed E-state index contributed by atoms with van der Waals surface area (Å²) in [6, 6.07) is 7.77. The fourth-order valence-electron chi connectivity index (χ4n) is 6.75. The van der Waals surface area contributed by atoms with Gasteiger partial charge in [0.25, 0.3) is 0 Å². The first-order valence-corrected chi connectivity index (χ1v) is 16.9. The number of halogens is 3. The Morgan fingerprint density at radius 2 is 1.76 bits per heavy atom. The normalized spacial score (nSPS) is 23.4. The van der Waals surface area contributed by atoms with Gasteiger partial charge in [-0.2, -0.15) is 0 Å². The van der Waals surface area contributed by atoms with E-state index in [9.17, 15) is 5.11 Å². The molecular weight excluding hydrogens is 637 g/mol. The second-order valence-corrected chi connectivity index (χ2v) is 14.0. The van der Waals surface area contributed by atoms with Crippen molar-refractivity contribution in [1.29, 1.82) is 0 Å². The molecule has 3 aromatic heterocycles. The summed E-state index contributed by atoms with van der Waals surface area (Å²) in [6.07, 6.45) is 13.2.